The number of hydrogen-bond acceptors (Lipinski definition) is 4. The number of carbonyl (C=O) groups is 1. The molecule has 23 heavy (non-hydrogen) atoms. The fourth-order valence-corrected chi connectivity index (χ4v) is 4.08. The first-order valence-electron chi connectivity index (χ1n) is 8.12. The van der Waals surface area contributed by atoms with Gasteiger partial charge in [0.05, 0.1) is 30.1 Å². The van der Waals surface area contributed by atoms with Crippen LogP contribution in [-0.2, 0) is 17.8 Å². The maximum Gasteiger partial charge on any atom is 0.264 e. The summed E-state index contributed by atoms with van der Waals surface area (Å²) >= 11 is 1.49. The quantitative estimate of drug-likeness (QED) is 0.846. The highest BCUT2D eigenvalue weighted by atomic mass is 32.1. The number of ether oxygens (including phenoxy) is 1. The van der Waals surface area contributed by atoms with Crippen molar-refractivity contribution >= 4 is 17.2 Å². The van der Waals surface area contributed by atoms with Crippen molar-refractivity contribution in [3.63, 3.8) is 0 Å². The zero-order chi connectivity index (χ0) is 15.8. The first-order valence-corrected chi connectivity index (χ1v) is 9.00. The molecular formula is C17H21N3O2S. The number of thiophene rings is 1. The summed E-state index contributed by atoms with van der Waals surface area (Å²) in [6.07, 6.45) is 4.60. The Morgan fingerprint density at radius 1 is 1.48 bits per heavy atom. The van der Waals surface area contributed by atoms with Gasteiger partial charge in [-0.2, -0.15) is 0 Å². The Labute approximate surface area is 139 Å². The molecular weight excluding hydrogens is 310 g/mol. The summed E-state index contributed by atoms with van der Waals surface area (Å²) in [6, 6.07) is 3.81. The van der Waals surface area contributed by atoms with E-state index in [0.717, 1.165) is 23.0 Å². The Hall–Kier alpha value is -1.66. The molecule has 2 aromatic heterocycles. The molecule has 2 aromatic rings. The zero-order valence-electron chi connectivity index (χ0n) is 13.3. The van der Waals surface area contributed by atoms with E-state index >= 15 is 0 Å². The van der Waals surface area contributed by atoms with E-state index in [0.29, 0.717) is 19.7 Å². The highest BCUT2D eigenvalue weighted by molar-refractivity contribution is 7.12. The second-order valence-electron chi connectivity index (χ2n) is 6.49. The van der Waals surface area contributed by atoms with E-state index in [1.165, 1.54) is 29.9 Å². The maximum atomic E-state index is 12.7. The average molecular weight is 331 g/mol. The molecule has 4 rings (SSSR count). The molecule has 0 saturated heterocycles. The van der Waals surface area contributed by atoms with E-state index in [2.05, 4.69) is 9.55 Å². The molecule has 0 radical (unpaired) electrons. The van der Waals surface area contributed by atoms with Gasteiger partial charge in [0.2, 0.25) is 0 Å². The lowest BCUT2D eigenvalue weighted by molar-refractivity contribution is 0.0677. The second kappa shape index (κ2) is 6.09. The number of amides is 1. The van der Waals surface area contributed by atoms with Gasteiger partial charge in [-0.05, 0) is 30.2 Å². The number of methoxy groups -OCH3 is 1. The largest absolute Gasteiger partial charge is 0.384 e. The third kappa shape index (κ3) is 2.93. The molecule has 2 aliphatic rings. The standard InChI is InChI=1S/C17H21N3O2S/c1-22-10-13-8-19(17(21)15-3-2-6-23-15)9-14-16(13)20(11-18-14)7-12-4-5-12/h2-3,6,11-13H,4-5,7-10H2,1H3. The van der Waals surface area contributed by atoms with E-state index in [4.69, 9.17) is 4.74 Å². The smallest absolute Gasteiger partial charge is 0.264 e. The minimum Gasteiger partial charge on any atom is -0.384 e. The van der Waals surface area contributed by atoms with Crippen LogP contribution >= 0.6 is 11.3 Å². The van der Waals surface area contributed by atoms with Crippen molar-refractivity contribution in [2.45, 2.75) is 31.8 Å². The molecule has 1 aliphatic heterocycles. The SMILES string of the molecule is COCC1CN(C(=O)c2cccs2)Cc2ncn(CC3CC3)c21. The molecule has 5 nitrogen and oxygen atoms in total. The molecule has 0 aromatic carbocycles. The van der Waals surface area contributed by atoms with Crippen LogP contribution < -0.4 is 0 Å². The molecule has 122 valence electrons. The highest BCUT2D eigenvalue weighted by Crippen LogP contribution is 2.34. The van der Waals surface area contributed by atoms with Crippen molar-refractivity contribution < 1.29 is 9.53 Å². The molecule has 0 bridgehead atoms. The molecule has 3 heterocycles. The molecule has 1 unspecified atom stereocenters. The van der Waals surface area contributed by atoms with Crippen LogP contribution in [-0.4, -0.2) is 40.6 Å². The van der Waals surface area contributed by atoms with Crippen molar-refractivity contribution in [2.75, 3.05) is 20.3 Å². The zero-order valence-corrected chi connectivity index (χ0v) is 14.1. The van der Waals surface area contributed by atoms with Crippen LogP contribution in [0.5, 0.6) is 0 Å². The van der Waals surface area contributed by atoms with Crippen LogP contribution in [0, 0.1) is 5.92 Å². The number of hydrogen-bond donors (Lipinski definition) is 0. The van der Waals surface area contributed by atoms with Crippen LogP contribution in [0.3, 0.4) is 0 Å². The molecule has 1 atom stereocenters. The molecule has 6 heteroatoms. The molecule has 1 aliphatic carbocycles. The van der Waals surface area contributed by atoms with Crippen LogP contribution in [0.2, 0.25) is 0 Å². The Morgan fingerprint density at radius 3 is 3.04 bits per heavy atom. The lowest BCUT2D eigenvalue weighted by Gasteiger charge is -2.32. The highest BCUT2D eigenvalue weighted by Gasteiger charge is 2.34. The molecule has 1 fully saturated rings. The summed E-state index contributed by atoms with van der Waals surface area (Å²) in [6.45, 7) is 2.98. The summed E-state index contributed by atoms with van der Waals surface area (Å²) in [4.78, 5) is 20.0. The van der Waals surface area contributed by atoms with Gasteiger partial charge in [0, 0.05) is 31.8 Å². The summed E-state index contributed by atoms with van der Waals surface area (Å²) in [5.74, 6) is 1.11. The topological polar surface area (TPSA) is 47.4 Å². The van der Waals surface area contributed by atoms with Crippen LogP contribution in [0.15, 0.2) is 23.8 Å². The van der Waals surface area contributed by atoms with E-state index in [-0.39, 0.29) is 11.8 Å². The number of rotatable bonds is 5. The van der Waals surface area contributed by atoms with Crippen molar-refractivity contribution in [3.05, 3.63) is 40.1 Å². The lowest BCUT2D eigenvalue weighted by atomic mass is 9.98. The second-order valence-corrected chi connectivity index (χ2v) is 7.44. The average Bonchev–Trinajstić information content (AvgIpc) is 3.04. The normalized spacial score (nSPS) is 20.6. The molecule has 1 saturated carbocycles. The third-order valence-electron chi connectivity index (χ3n) is 4.66. The van der Waals surface area contributed by atoms with Crippen molar-refractivity contribution in [1.29, 1.82) is 0 Å². The summed E-state index contributed by atoms with van der Waals surface area (Å²) in [7, 11) is 1.72. The third-order valence-corrected chi connectivity index (χ3v) is 5.52. The Bertz CT molecular complexity index is 691. The Kier molecular flexibility index (Phi) is 3.95. The van der Waals surface area contributed by atoms with Gasteiger partial charge in [-0.25, -0.2) is 4.98 Å². The van der Waals surface area contributed by atoms with Crippen LogP contribution in [0.4, 0.5) is 0 Å². The van der Waals surface area contributed by atoms with Gasteiger partial charge in [-0.3, -0.25) is 4.79 Å². The van der Waals surface area contributed by atoms with Gasteiger partial charge < -0.3 is 14.2 Å². The predicted molar refractivity (Wildman–Crippen MR) is 88.6 cm³/mol. The Balaban J connectivity index is 1.60. The van der Waals surface area contributed by atoms with Crippen molar-refractivity contribution in [2.24, 2.45) is 5.92 Å². The van der Waals surface area contributed by atoms with Gasteiger partial charge in [-0.15, -0.1) is 11.3 Å². The van der Waals surface area contributed by atoms with E-state index in [1.807, 2.05) is 28.7 Å². The van der Waals surface area contributed by atoms with Crippen LogP contribution in [0.25, 0.3) is 0 Å². The van der Waals surface area contributed by atoms with Gasteiger partial charge in [0.1, 0.15) is 0 Å². The minimum atomic E-state index is 0.100. The van der Waals surface area contributed by atoms with E-state index in [9.17, 15) is 4.79 Å². The number of fused-ring (bicyclic) bond motifs is 1. The van der Waals surface area contributed by atoms with Gasteiger partial charge in [-0.1, -0.05) is 6.07 Å². The lowest BCUT2D eigenvalue weighted by Crippen LogP contribution is -2.40. The maximum absolute atomic E-state index is 12.7. The first-order chi connectivity index (χ1) is 11.3. The number of imidazole rings is 1. The summed E-state index contributed by atoms with van der Waals surface area (Å²) < 4.78 is 7.72. The van der Waals surface area contributed by atoms with E-state index in [1.54, 1.807) is 7.11 Å². The minimum absolute atomic E-state index is 0.100. The van der Waals surface area contributed by atoms with Gasteiger partial charge in [0.15, 0.2) is 0 Å². The van der Waals surface area contributed by atoms with Crippen molar-refractivity contribution in [1.82, 2.24) is 14.5 Å². The number of nitrogens with zero attached hydrogens (tertiary/aromatic N) is 3. The van der Waals surface area contributed by atoms with Gasteiger partial charge in [0.25, 0.3) is 5.91 Å². The van der Waals surface area contributed by atoms with Gasteiger partial charge >= 0.3 is 0 Å². The van der Waals surface area contributed by atoms with E-state index < -0.39 is 0 Å². The fourth-order valence-electron chi connectivity index (χ4n) is 3.39. The molecule has 1 amide bonds. The van der Waals surface area contributed by atoms with Crippen LogP contribution in [0.1, 0.15) is 39.8 Å². The number of carbonyl (C=O) groups excluding carboxylic acids is 1. The Morgan fingerprint density at radius 2 is 2.35 bits per heavy atom. The first kappa shape index (κ1) is 14.9. The number of aromatic nitrogens is 2. The fraction of sp³-hybridized carbons (Fsp3) is 0.529. The molecule has 0 spiro atoms. The van der Waals surface area contributed by atoms with Crippen molar-refractivity contribution in [3.8, 4) is 0 Å². The molecule has 0 N–H and O–H groups in total. The summed E-state index contributed by atoms with van der Waals surface area (Å²) in [5, 5.41) is 1.94. The monoisotopic (exact) mass is 331 g/mol. The summed E-state index contributed by atoms with van der Waals surface area (Å²) in [5.41, 5.74) is 2.30. The predicted octanol–water partition coefficient (Wildman–Crippen LogP) is 2.74.